The molecule has 0 aromatic heterocycles. The van der Waals surface area contributed by atoms with Crippen LogP contribution in [-0.4, -0.2) is 39.9 Å². The summed E-state index contributed by atoms with van der Waals surface area (Å²) in [5.41, 5.74) is 0.894. The van der Waals surface area contributed by atoms with Gasteiger partial charge in [-0.3, -0.25) is 4.79 Å². The van der Waals surface area contributed by atoms with Gasteiger partial charge in [-0.2, -0.15) is 0 Å². The van der Waals surface area contributed by atoms with Gasteiger partial charge in [0.25, 0.3) is 14.3 Å². The second kappa shape index (κ2) is 10.3. The molecule has 0 saturated heterocycles. The van der Waals surface area contributed by atoms with Gasteiger partial charge in [-0.05, 0) is 16.6 Å². The van der Waals surface area contributed by atoms with Crippen molar-refractivity contribution in [1.29, 1.82) is 0 Å². The lowest BCUT2D eigenvalue weighted by Crippen LogP contribution is -2.49. The molecule has 6 nitrogen and oxygen atoms in total. The maximum absolute atomic E-state index is 12.2. The van der Waals surface area contributed by atoms with Crippen LogP contribution in [0.25, 0.3) is 0 Å². The molecule has 0 rings (SSSR count). The van der Waals surface area contributed by atoms with E-state index in [2.05, 4.69) is 46.3 Å². The van der Waals surface area contributed by atoms with Gasteiger partial charge in [-0.25, -0.2) is 9.59 Å². The summed E-state index contributed by atoms with van der Waals surface area (Å²) >= 11 is 0. The minimum Gasteiger partial charge on any atom is -0.518 e. The molecule has 0 amide bonds. The van der Waals surface area contributed by atoms with Gasteiger partial charge >= 0.3 is 11.9 Å². The predicted molar refractivity (Wildman–Crippen MR) is 93.9 cm³/mol. The number of hydrogen-bond acceptors (Lipinski definition) is 6. The first-order valence-electron chi connectivity index (χ1n) is 8.22. The maximum Gasteiger partial charge on any atom is 0.331 e. The Balaban J connectivity index is 4.59. The van der Waals surface area contributed by atoms with Crippen molar-refractivity contribution in [1.82, 2.24) is 0 Å². The second-order valence-electron chi connectivity index (χ2n) is 6.57. The van der Waals surface area contributed by atoms with Gasteiger partial charge in [-0.15, -0.1) is 0 Å². The lowest BCUT2D eigenvalue weighted by molar-refractivity contribution is -0.143. The Morgan fingerprint density at radius 1 is 0.875 bits per heavy atom. The third-order valence-corrected chi connectivity index (χ3v) is 10.1. The highest BCUT2D eigenvalue weighted by molar-refractivity contribution is 6.78. The predicted octanol–water partition coefficient (Wildman–Crippen LogP) is 3.37. The number of carbonyl (C=O) groups excluding carboxylic acids is 3. The van der Waals surface area contributed by atoms with E-state index in [-0.39, 0.29) is 19.0 Å². The first-order valence-corrected chi connectivity index (χ1v) is 10.4. The molecular formula is C17H30O6Si. The first kappa shape index (κ1) is 22.4. The molecule has 0 heterocycles. The molecule has 0 radical (unpaired) electrons. The topological polar surface area (TPSA) is 78.9 Å². The van der Waals surface area contributed by atoms with Crippen LogP contribution in [0.1, 0.15) is 48.0 Å². The van der Waals surface area contributed by atoms with Gasteiger partial charge < -0.3 is 13.9 Å². The number of hydrogen-bond donors (Lipinski definition) is 0. The number of carbonyl (C=O) groups is 3. The highest BCUT2D eigenvalue weighted by Gasteiger charge is 2.48. The van der Waals surface area contributed by atoms with E-state index < -0.39 is 20.3 Å². The minimum absolute atomic E-state index is 0.00128. The minimum atomic E-state index is -2.27. The van der Waals surface area contributed by atoms with E-state index in [0.717, 1.165) is 12.2 Å². The highest BCUT2D eigenvalue weighted by Crippen LogP contribution is 2.42. The molecule has 0 atom stereocenters. The van der Waals surface area contributed by atoms with Crippen LogP contribution < -0.4 is 0 Å². The normalized spacial score (nSPS) is 12.1. The Morgan fingerprint density at radius 3 is 1.75 bits per heavy atom. The molecule has 24 heavy (non-hydrogen) atoms. The van der Waals surface area contributed by atoms with Gasteiger partial charge in [0.05, 0.1) is 13.5 Å². The SMILES string of the molecule is COC(=O)/C=C/C(=O)OCCC(=O)O[Si](C(C)C)(C(C)C)C(C)C. The van der Waals surface area contributed by atoms with Crippen molar-refractivity contribution >= 4 is 26.2 Å². The van der Waals surface area contributed by atoms with Crippen LogP contribution >= 0.6 is 0 Å². The van der Waals surface area contributed by atoms with Crippen molar-refractivity contribution in [3.8, 4) is 0 Å². The molecule has 0 unspecified atom stereocenters. The molecule has 138 valence electrons. The van der Waals surface area contributed by atoms with E-state index in [0.29, 0.717) is 16.6 Å². The summed E-state index contributed by atoms with van der Waals surface area (Å²) in [6.45, 7) is 12.5. The molecule has 0 aliphatic heterocycles. The molecule has 0 spiro atoms. The third-order valence-electron chi connectivity index (χ3n) is 4.10. The van der Waals surface area contributed by atoms with Crippen molar-refractivity contribution in [2.75, 3.05) is 13.7 Å². The number of ether oxygens (including phenoxy) is 2. The molecule has 0 aliphatic carbocycles. The lowest BCUT2D eigenvalue weighted by atomic mass is 10.4. The zero-order valence-electron chi connectivity index (χ0n) is 15.8. The van der Waals surface area contributed by atoms with Crippen molar-refractivity contribution in [2.24, 2.45) is 0 Å². The Hall–Kier alpha value is -1.63. The van der Waals surface area contributed by atoms with Gasteiger partial charge in [0.15, 0.2) is 0 Å². The number of rotatable bonds is 9. The average Bonchev–Trinajstić information content (AvgIpc) is 2.48. The van der Waals surface area contributed by atoms with Crippen molar-refractivity contribution in [3.05, 3.63) is 12.2 Å². The average molecular weight is 359 g/mol. The molecule has 0 saturated carbocycles. The van der Waals surface area contributed by atoms with E-state index in [1.807, 2.05) is 0 Å². The molecule has 0 fully saturated rings. The molecule has 0 aromatic carbocycles. The first-order chi connectivity index (χ1) is 11.1. The van der Waals surface area contributed by atoms with Crippen LogP contribution in [0.2, 0.25) is 16.6 Å². The maximum atomic E-state index is 12.2. The van der Waals surface area contributed by atoms with Gasteiger partial charge in [-0.1, -0.05) is 41.5 Å². The molecule has 0 bridgehead atoms. The Morgan fingerprint density at radius 2 is 1.33 bits per heavy atom. The van der Waals surface area contributed by atoms with Crippen molar-refractivity contribution in [3.63, 3.8) is 0 Å². The van der Waals surface area contributed by atoms with Crippen molar-refractivity contribution in [2.45, 2.75) is 64.6 Å². The fourth-order valence-corrected chi connectivity index (χ4v) is 8.29. The van der Waals surface area contributed by atoms with E-state index in [9.17, 15) is 14.4 Å². The van der Waals surface area contributed by atoms with Crippen molar-refractivity contribution < 1.29 is 28.3 Å². The third kappa shape index (κ3) is 6.47. The van der Waals surface area contributed by atoms with E-state index >= 15 is 0 Å². The molecule has 0 N–H and O–H groups in total. The Labute approximate surface area is 145 Å². The zero-order chi connectivity index (χ0) is 18.9. The van der Waals surface area contributed by atoms with Gasteiger partial charge in [0, 0.05) is 12.2 Å². The van der Waals surface area contributed by atoms with E-state index in [1.54, 1.807) is 0 Å². The Bertz CT molecular complexity index is 446. The van der Waals surface area contributed by atoms with E-state index in [1.165, 1.54) is 7.11 Å². The number of esters is 2. The summed E-state index contributed by atoms with van der Waals surface area (Å²) in [6, 6.07) is 0. The quantitative estimate of drug-likeness (QED) is 0.357. The fraction of sp³-hybridized carbons (Fsp3) is 0.706. The summed E-state index contributed by atoms with van der Waals surface area (Å²) in [6.07, 6.45) is 1.93. The second-order valence-corrected chi connectivity index (χ2v) is 11.9. The van der Waals surface area contributed by atoms with Crippen LogP contribution in [-0.2, 0) is 28.3 Å². The fourth-order valence-electron chi connectivity index (χ4n) is 3.09. The van der Waals surface area contributed by atoms with Crippen LogP contribution in [0.15, 0.2) is 12.2 Å². The largest absolute Gasteiger partial charge is 0.518 e. The molecule has 7 heteroatoms. The molecular weight excluding hydrogens is 328 g/mol. The summed E-state index contributed by atoms with van der Waals surface area (Å²) in [7, 11) is -1.06. The monoisotopic (exact) mass is 358 g/mol. The number of methoxy groups -OCH3 is 1. The molecule has 0 aromatic rings. The Kier molecular flexibility index (Phi) is 9.58. The van der Waals surface area contributed by atoms with Gasteiger partial charge in [0.1, 0.15) is 6.61 Å². The highest BCUT2D eigenvalue weighted by atomic mass is 28.4. The van der Waals surface area contributed by atoms with E-state index in [4.69, 9.17) is 9.16 Å². The summed E-state index contributed by atoms with van der Waals surface area (Å²) in [5.74, 6) is -1.69. The summed E-state index contributed by atoms with van der Waals surface area (Å²) in [5, 5.41) is 0. The van der Waals surface area contributed by atoms with Crippen LogP contribution in [0.5, 0.6) is 0 Å². The van der Waals surface area contributed by atoms with Crippen LogP contribution in [0.4, 0.5) is 0 Å². The van der Waals surface area contributed by atoms with Crippen LogP contribution in [0.3, 0.4) is 0 Å². The smallest absolute Gasteiger partial charge is 0.331 e. The van der Waals surface area contributed by atoms with Crippen LogP contribution in [0, 0.1) is 0 Å². The zero-order valence-corrected chi connectivity index (χ0v) is 16.8. The summed E-state index contributed by atoms with van der Waals surface area (Å²) in [4.78, 5) is 34.4. The molecule has 0 aliphatic rings. The van der Waals surface area contributed by atoms with Gasteiger partial charge in [0.2, 0.25) is 0 Å². The summed E-state index contributed by atoms with van der Waals surface area (Å²) < 4.78 is 15.2. The standard InChI is InChI=1S/C17H30O6Si/c1-12(2)24(13(3)4,14(5)6)23-17(20)10-11-22-16(19)9-8-15(18)21-7/h8-9,12-14H,10-11H2,1-7H3/b9-8+. The lowest BCUT2D eigenvalue weighted by Gasteiger charge is -2.41.